The van der Waals surface area contributed by atoms with Crippen LogP contribution in [0.2, 0.25) is 0 Å². The van der Waals surface area contributed by atoms with Crippen molar-refractivity contribution in [2.75, 3.05) is 6.79 Å². The normalized spacial score (nSPS) is 12.5. The molecule has 7 nitrogen and oxygen atoms in total. The van der Waals surface area contributed by atoms with Gasteiger partial charge in [-0.2, -0.15) is 5.10 Å². The Bertz CT molecular complexity index is 945. The van der Waals surface area contributed by atoms with E-state index in [-0.39, 0.29) is 12.4 Å². The molecule has 0 spiro atoms. The molecule has 0 saturated heterocycles. The number of aromatic nitrogens is 4. The molecule has 0 amide bonds. The van der Waals surface area contributed by atoms with Gasteiger partial charge in [0.2, 0.25) is 6.79 Å². The van der Waals surface area contributed by atoms with Gasteiger partial charge in [0.1, 0.15) is 12.2 Å². The second-order valence-electron chi connectivity index (χ2n) is 5.53. The molecule has 0 unspecified atom stereocenters. The smallest absolute Gasteiger partial charge is 0.250 e. The van der Waals surface area contributed by atoms with Gasteiger partial charge in [-0.25, -0.2) is 9.67 Å². The highest BCUT2D eigenvalue weighted by Crippen LogP contribution is 2.33. The molecule has 3 aromatic rings. The van der Waals surface area contributed by atoms with Gasteiger partial charge >= 0.3 is 0 Å². The van der Waals surface area contributed by atoms with Crippen molar-refractivity contribution in [3.8, 4) is 17.2 Å². The summed E-state index contributed by atoms with van der Waals surface area (Å²) < 4.78 is 14.2. The summed E-state index contributed by atoms with van der Waals surface area (Å²) in [6, 6.07) is 10.9. The molecule has 0 fully saturated rings. The van der Waals surface area contributed by atoms with E-state index in [9.17, 15) is 4.79 Å². The monoisotopic (exact) mass is 324 g/mol. The summed E-state index contributed by atoms with van der Waals surface area (Å²) in [7, 11) is 0. The molecule has 7 heteroatoms. The number of nitrogens with zero attached hydrogens (tertiary/aromatic N) is 4. The quantitative estimate of drug-likeness (QED) is 0.730. The first kappa shape index (κ1) is 14.5. The lowest BCUT2D eigenvalue weighted by atomic mass is 10.2. The Balaban J connectivity index is 1.60. The fraction of sp³-hybridized carbons (Fsp3) is 0.235. The summed E-state index contributed by atoms with van der Waals surface area (Å²) in [5.74, 6) is 2.21. The van der Waals surface area contributed by atoms with E-state index >= 15 is 0 Å². The van der Waals surface area contributed by atoms with Crippen LogP contribution in [0.5, 0.6) is 11.5 Å². The highest BCUT2D eigenvalue weighted by atomic mass is 16.7. The van der Waals surface area contributed by atoms with Crippen molar-refractivity contribution in [3.05, 3.63) is 64.6 Å². The van der Waals surface area contributed by atoms with Crippen molar-refractivity contribution in [3.63, 3.8) is 0 Å². The summed E-state index contributed by atoms with van der Waals surface area (Å²) in [4.78, 5) is 16.3. The number of hydrogen-bond acceptors (Lipinski definition) is 5. The molecule has 4 rings (SSSR count). The van der Waals surface area contributed by atoms with Crippen molar-refractivity contribution in [2.24, 2.45) is 0 Å². The highest BCUT2D eigenvalue weighted by molar-refractivity contribution is 5.49. The predicted octanol–water partition coefficient (Wildman–Crippen LogP) is 1.71. The second kappa shape index (κ2) is 5.84. The van der Waals surface area contributed by atoms with E-state index in [0.717, 1.165) is 23.0 Å². The number of hydrogen-bond donors (Lipinski definition) is 0. The maximum atomic E-state index is 12.0. The van der Waals surface area contributed by atoms with Gasteiger partial charge in [-0.15, -0.1) is 0 Å². The lowest BCUT2D eigenvalue weighted by Gasteiger charge is -2.10. The molecule has 0 aliphatic carbocycles. The van der Waals surface area contributed by atoms with E-state index in [0.29, 0.717) is 18.7 Å². The molecule has 3 heterocycles. The molecule has 2 aromatic heterocycles. The Morgan fingerprint density at radius 3 is 2.92 bits per heavy atom. The summed E-state index contributed by atoms with van der Waals surface area (Å²) in [6.07, 6.45) is 2.11. The molecule has 24 heavy (non-hydrogen) atoms. The van der Waals surface area contributed by atoms with Crippen LogP contribution >= 0.6 is 0 Å². The molecular weight excluding hydrogens is 308 g/mol. The average molecular weight is 324 g/mol. The van der Waals surface area contributed by atoms with E-state index in [1.54, 1.807) is 21.4 Å². The number of ether oxygens (including phenoxy) is 2. The van der Waals surface area contributed by atoms with Crippen LogP contribution in [-0.4, -0.2) is 26.1 Å². The topological polar surface area (TPSA) is 71.2 Å². The first-order chi connectivity index (χ1) is 11.7. The third-order valence-corrected chi connectivity index (χ3v) is 4.05. The first-order valence-electron chi connectivity index (χ1n) is 7.68. The Kier molecular flexibility index (Phi) is 3.53. The lowest BCUT2D eigenvalue weighted by molar-refractivity contribution is 0.174. The third kappa shape index (κ3) is 2.54. The van der Waals surface area contributed by atoms with Crippen LogP contribution in [0.4, 0.5) is 0 Å². The lowest BCUT2D eigenvalue weighted by Crippen LogP contribution is -2.22. The third-order valence-electron chi connectivity index (χ3n) is 4.05. The molecule has 1 aliphatic rings. The van der Waals surface area contributed by atoms with Crippen LogP contribution in [-0.2, 0) is 13.0 Å². The van der Waals surface area contributed by atoms with Crippen LogP contribution in [0.3, 0.4) is 0 Å². The summed E-state index contributed by atoms with van der Waals surface area (Å²) in [5, 5.41) is 4.29. The van der Waals surface area contributed by atoms with Gasteiger partial charge in [0.05, 0.1) is 5.69 Å². The number of pyridine rings is 1. The largest absolute Gasteiger partial charge is 0.454 e. The van der Waals surface area contributed by atoms with Gasteiger partial charge in [0.25, 0.3) is 5.56 Å². The van der Waals surface area contributed by atoms with Gasteiger partial charge in [-0.1, -0.05) is 6.07 Å². The number of rotatable bonds is 4. The van der Waals surface area contributed by atoms with Gasteiger partial charge in [-0.3, -0.25) is 4.79 Å². The minimum absolute atomic E-state index is 0.0101. The summed E-state index contributed by atoms with van der Waals surface area (Å²) in [5.41, 5.74) is 1.77. The number of benzene rings is 1. The molecule has 1 aliphatic heterocycles. The Labute approximate surface area is 138 Å². The first-order valence-corrected chi connectivity index (χ1v) is 7.68. The minimum Gasteiger partial charge on any atom is -0.454 e. The zero-order valence-electron chi connectivity index (χ0n) is 13.2. The molecule has 0 radical (unpaired) electrons. The Hall–Kier alpha value is -3.09. The fourth-order valence-electron chi connectivity index (χ4n) is 2.79. The van der Waals surface area contributed by atoms with Crippen molar-refractivity contribution >= 4 is 0 Å². The van der Waals surface area contributed by atoms with E-state index in [2.05, 4.69) is 10.1 Å². The van der Waals surface area contributed by atoms with Gasteiger partial charge in [-0.05, 0) is 25.1 Å². The van der Waals surface area contributed by atoms with Crippen molar-refractivity contribution in [1.82, 2.24) is 19.3 Å². The molecule has 0 saturated carbocycles. The van der Waals surface area contributed by atoms with E-state index < -0.39 is 0 Å². The fourth-order valence-corrected chi connectivity index (χ4v) is 2.79. The Morgan fingerprint density at radius 1 is 1.17 bits per heavy atom. The van der Waals surface area contributed by atoms with Crippen molar-refractivity contribution in [1.29, 1.82) is 0 Å². The van der Waals surface area contributed by atoms with E-state index in [1.165, 1.54) is 6.33 Å². The molecule has 0 N–H and O–H groups in total. The number of aryl methyl sites for hydroxylation is 2. The van der Waals surface area contributed by atoms with Crippen LogP contribution in [0.25, 0.3) is 5.69 Å². The standard InChI is InChI=1S/C17H16N4O3/c1-12-3-2-4-17(22)20(12)8-7-16-18-10-19-21(16)13-5-6-14-15(9-13)24-11-23-14/h2-6,9-10H,7-8,11H2,1H3. The second-order valence-corrected chi connectivity index (χ2v) is 5.53. The van der Waals surface area contributed by atoms with Crippen LogP contribution in [0.1, 0.15) is 11.5 Å². The van der Waals surface area contributed by atoms with Gasteiger partial charge in [0.15, 0.2) is 11.5 Å². The van der Waals surface area contributed by atoms with Crippen LogP contribution in [0, 0.1) is 6.92 Å². The maximum absolute atomic E-state index is 12.0. The van der Waals surface area contributed by atoms with Crippen LogP contribution in [0.15, 0.2) is 47.5 Å². The molecule has 1 aromatic carbocycles. The zero-order chi connectivity index (χ0) is 16.5. The SMILES string of the molecule is Cc1cccc(=O)n1CCc1ncnn1-c1ccc2c(c1)OCO2. The average Bonchev–Trinajstić information content (AvgIpc) is 3.22. The highest BCUT2D eigenvalue weighted by Gasteiger charge is 2.16. The molecular formula is C17H16N4O3. The predicted molar refractivity (Wildman–Crippen MR) is 86.6 cm³/mol. The van der Waals surface area contributed by atoms with E-state index in [1.807, 2.05) is 31.2 Å². The molecule has 122 valence electrons. The van der Waals surface area contributed by atoms with E-state index in [4.69, 9.17) is 9.47 Å². The summed E-state index contributed by atoms with van der Waals surface area (Å²) in [6.45, 7) is 2.71. The van der Waals surface area contributed by atoms with Gasteiger partial charge in [0, 0.05) is 30.8 Å². The summed E-state index contributed by atoms with van der Waals surface area (Å²) >= 11 is 0. The Morgan fingerprint density at radius 2 is 2.04 bits per heavy atom. The van der Waals surface area contributed by atoms with Crippen LogP contribution < -0.4 is 15.0 Å². The van der Waals surface area contributed by atoms with Crippen molar-refractivity contribution in [2.45, 2.75) is 19.9 Å². The number of fused-ring (bicyclic) bond motifs is 1. The molecule has 0 bridgehead atoms. The van der Waals surface area contributed by atoms with Crippen molar-refractivity contribution < 1.29 is 9.47 Å². The van der Waals surface area contributed by atoms with Gasteiger partial charge < -0.3 is 14.0 Å². The zero-order valence-corrected chi connectivity index (χ0v) is 13.2. The maximum Gasteiger partial charge on any atom is 0.250 e. The molecule has 0 atom stereocenters. The minimum atomic E-state index is -0.0101.